The zero-order valence-electron chi connectivity index (χ0n) is 8.35. The molecular formula is C12H13NO2. The lowest BCUT2D eigenvalue weighted by Gasteiger charge is -2.09. The maximum absolute atomic E-state index is 11.5. The summed E-state index contributed by atoms with van der Waals surface area (Å²) in [5.41, 5.74) is 1.01. The molecule has 0 fully saturated rings. The fraction of sp³-hybridized carbons (Fsp3) is 0.250. The van der Waals surface area contributed by atoms with Crippen molar-refractivity contribution in [1.82, 2.24) is 5.32 Å². The third kappa shape index (κ3) is 2.67. The molecule has 0 saturated carbocycles. The molecule has 0 bridgehead atoms. The summed E-state index contributed by atoms with van der Waals surface area (Å²) in [5, 5.41) is 3.01. The molecule has 1 atom stereocenters. The van der Waals surface area contributed by atoms with E-state index in [0.717, 1.165) is 12.1 Å². The van der Waals surface area contributed by atoms with Crippen LogP contribution in [0, 0.1) is 0 Å². The SMILES string of the molecule is O=C(OCc1ccccc1)C1C=CCN1. The molecule has 1 aromatic carbocycles. The van der Waals surface area contributed by atoms with Gasteiger partial charge < -0.3 is 4.74 Å². The van der Waals surface area contributed by atoms with Gasteiger partial charge in [-0.3, -0.25) is 5.32 Å². The average molecular weight is 203 g/mol. The molecule has 0 aliphatic carbocycles. The molecule has 1 aliphatic rings. The van der Waals surface area contributed by atoms with E-state index in [1.807, 2.05) is 42.5 Å². The van der Waals surface area contributed by atoms with Gasteiger partial charge in [-0.15, -0.1) is 0 Å². The van der Waals surface area contributed by atoms with Crippen molar-refractivity contribution in [3.8, 4) is 0 Å². The molecule has 1 unspecified atom stereocenters. The second-order valence-electron chi connectivity index (χ2n) is 3.41. The quantitative estimate of drug-likeness (QED) is 0.593. The number of rotatable bonds is 3. The van der Waals surface area contributed by atoms with Crippen molar-refractivity contribution >= 4 is 5.97 Å². The van der Waals surface area contributed by atoms with Crippen LogP contribution in [0.1, 0.15) is 5.56 Å². The van der Waals surface area contributed by atoms with Crippen molar-refractivity contribution in [2.24, 2.45) is 0 Å². The van der Waals surface area contributed by atoms with Crippen LogP contribution in [0.15, 0.2) is 42.5 Å². The second kappa shape index (κ2) is 4.75. The highest BCUT2D eigenvalue weighted by molar-refractivity contribution is 5.78. The first-order valence-corrected chi connectivity index (χ1v) is 4.97. The molecule has 1 aromatic rings. The van der Waals surface area contributed by atoms with Crippen LogP contribution in [0.4, 0.5) is 0 Å². The first kappa shape index (κ1) is 9.93. The van der Waals surface area contributed by atoms with Gasteiger partial charge in [-0.1, -0.05) is 42.5 Å². The topological polar surface area (TPSA) is 38.3 Å². The highest BCUT2D eigenvalue weighted by Gasteiger charge is 2.18. The summed E-state index contributed by atoms with van der Waals surface area (Å²) < 4.78 is 5.16. The monoisotopic (exact) mass is 203 g/mol. The van der Waals surface area contributed by atoms with Crippen LogP contribution in [0.25, 0.3) is 0 Å². The molecule has 1 heterocycles. The predicted molar refractivity (Wildman–Crippen MR) is 57.2 cm³/mol. The van der Waals surface area contributed by atoms with Crippen molar-refractivity contribution < 1.29 is 9.53 Å². The van der Waals surface area contributed by atoms with Crippen LogP contribution in [0.3, 0.4) is 0 Å². The van der Waals surface area contributed by atoms with Gasteiger partial charge in [0.2, 0.25) is 0 Å². The number of hydrogen-bond acceptors (Lipinski definition) is 3. The average Bonchev–Trinajstić information content (AvgIpc) is 2.81. The summed E-state index contributed by atoms with van der Waals surface area (Å²) in [6, 6.07) is 9.39. The van der Waals surface area contributed by atoms with E-state index in [0.29, 0.717) is 6.61 Å². The summed E-state index contributed by atoms with van der Waals surface area (Å²) in [6.07, 6.45) is 3.75. The van der Waals surface area contributed by atoms with Gasteiger partial charge >= 0.3 is 5.97 Å². The number of carbonyl (C=O) groups is 1. The van der Waals surface area contributed by atoms with E-state index in [4.69, 9.17) is 4.74 Å². The Morgan fingerprint density at radius 2 is 2.20 bits per heavy atom. The smallest absolute Gasteiger partial charge is 0.327 e. The van der Waals surface area contributed by atoms with Gasteiger partial charge in [0.15, 0.2) is 0 Å². The number of carbonyl (C=O) groups excluding carboxylic acids is 1. The lowest BCUT2D eigenvalue weighted by Crippen LogP contribution is -2.32. The van der Waals surface area contributed by atoms with Gasteiger partial charge in [0.25, 0.3) is 0 Å². The highest BCUT2D eigenvalue weighted by Crippen LogP contribution is 2.03. The van der Waals surface area contributed by atoms with E-state index in [1.54, 1.807) is 0 Å². The van der Waals surface area contributed by atoms with Crippen molar-refractivity contribution in [2.75, 3.05) is 6.54 Å². The molecule has 15 heavy (non-hydrogen) atoms. The normalized spacial score (nSPS) is 19.1. The third-order valence-electron chi connectivity index (χ3n) is 2.26. The molecular weight excluding hydrogens is 190 g/mol. The first-order valence-electron chi connectivity index (χ1n) is 4.97. The second-order valence-corrected chi connectivity index (χ2v) is 3.41. The minimum absolute atomic E-state index is 0.215. The molecule has 3 heteroatoms. The number of benzene rings is 1. The van der Waals surface area contributed by atoms with Crippen molar-refractivity contribution in [1.29, 1.82) is 0 Å². The maximum Gasteiger partial charge on any atom is 0.327 e. The van der Waals surface area contributed by atoms with Gasteiger partial charge in [0, 0.05) is 6.54 Å². The van der Waals surface area contributed by atoms with Crippen LogP contribution in [0.2, 0.25) is 0 Å². The molecule has 3 nitrogen and oxygen atoms in total. The molecule has 1 N–H and O–H groups in total. The number of nitrogens with one attached hydrogen (secondary N) is 1. The van der Waals surface area contributed by atoms with E-state index in [2.05, 4.69) is 5.32 Å². The minimum atomic E-state index is -0.270. The van der Waals surface area contributed by atoms with Crippen LogP contribution in [0.5, 0.6) is 0 Å². The summed E-state index contributed by atoms with van der Waals surface area (Å²) in [4.78, 5) is 11.5. The van der Waals surface area contributed by atoms with E-state index >= 15 is 0 Å². The Morgan fingerprint density at radius 1 is 1.40 bits per heavy atom. The van der Waals surface area contributed by atoms with Gasteiger partial charge in [-0.05, 0) is 5.56 Å². The van der Waals surface area contributed by atoms with Crippen LogP contribution >= 0.6 is 0 Å². The minimum Gasteiger partial charge on any atom is -0.459 e. The van der Waals surface area contributed by atoms with Gasteiger partial charge in [0.1, 0.15) is 12.6 Å². The van der Waals surface area contributed by atoms with Gasteiger partial charge in [-0.2, -0.15) is 0 Å². The molecule has 0 saturated heterocycles. The fourth-order valence-corrected chi connectivity index (χ4v) is 1.45. The number of hydrogen-bond donors (Lipinski definition) is 1. The number of esters is 1. The summed E-state index contributed by atoms with van der Waals surface area (Å²) in [7, 11) is 0. The van der Waals surface area contributed by atoms with Crippen molar-refractivity contribution in [2.45, 2.75) is 12.6 Å². The highest BCUT2D eigenvalue weighted by atomic mass is 16.5. The molecule has 0 radical (unpaired) electrons. The summed E-state index contributed by atoms with van der Waals surface area (Å²) in [5.74, 6) is -0.215. The first-order chi connectivity index (χ1) is 7.36. The predicted octanol–water partition coefficient (Wildman–Crippen LogP) is 1.26. The summed E-state index contributed by atoms with van der Waals surface area (Å²) >= 11 is 0. The molecule has 0 aromatic heterocycles. The lowest BCUT2D eigenvalue weighted by molar-refractivity contribution is -0.145. The third-order valence-corrected chi connectivity index (χ3v) is 2.26. The molecule has 78 valence electrons. The molecule has 1 aliphatic heterocycles. The van der Waals surface area contributed by atoms with Crippen LogP contribution in [-0.4, -0.2) is 18.6 Å². The Kier molecular flexibility index (Phi) is 3.15. The fourth-order valence-electron chi connectivity index (χ4n) is 1.45. The Hall–Kier alpha value is -1.61. The maximum atomic E-state index is 11.5. The standard InChI is InChI=1S/C12H13NO2/c14-12(11-7-4-8-13-11)15-9-10-5-2-1-3-6-10/h1-7,11,13H,8-9H2. The largest absolute Gasteiger partial charge is 0.459 e. The molecule has 2 rings (SSSR count). The Morgan fingerprint density at radius 3 is 2.87 bits per heavy atom. The van der Waals surface area contributed by atoms with E-state index in [-0.39, 0.29) is 12.0 Å². The van der Waals surface area contributed by atoms with E-state index in [1.165, 1.54) is 0 Å². The Bertz CT molecular complexity index is 359. The van der Waals surface area contributed by atoms with E-state index < -0.39 is 0 Å². The van der Waals surface area contributed by atoms with E-state index in [9.17, 15) is 4.79 Å². The van der Waals surface area contributed by atoms with Gasteiger partial charge in [0.05, 0.1) is 0 Å². The zero-order valence-corrected chi connectivity index (χ0v) is 8.35. The lowest BCUT2D eigenvalue weighted by atomic mass is 10.2. The van der Waals surface area contributed by atoms with Crippen LogP contribution in [-0.2, 0) is 16.1 Å². The Balaban J connectivity index is 1.83. The van der Waals surface area contributed by atoms with Crippen LogP contribution < -0.4 is 5.32 Å². The van der Waals surface area contributed by atoms with Crippen molar-refractivity contribution in [3.63, 3.8) is 0 Å². The molecule has 0 spiro atoms. The zero-order chi connectivity index (χ0) is 10.5. The Labute approximate surface area is 88.8 Å². The van der Waals surface area contributed by atoms with Crippen molar-refractivity contribution in [3.05, 3.63) is 48.0 Å². The molecule has 0 amide bonds. The van der Waals surface area contributed by atoms with Gasteiger partial charge in [-0.25, -0.2) is 4.79 Å². The summed E-state index contributed by atoms with van der Waals surface area (Å²) in [6.45, 7) is 1.08. The number of ether oxygens (including phenoxy) is 1.